The monoisotopic (exact) mass is 312 g/mol. The molecule has 4 saturated heterocycles. The van der Waals surface area contributed by atoms with Crippen LogP contribution < -0.4 is 0 Å². The summed E-state index contributed by atoms with van der Waals surface area (Å²) in [6.07, 6.45) is 3.41. The fourth-order valence-corrected chi connectivity index (χ4v) is 5.14. The summed E-state index contributed by atoms with van der Waals surface area (Å²) in [6.45, 7) is 6.84. The summed E-state index contributed by atoms with van der Waals surface area (Å²) < 4.78 is 17.5. The molecule has 0 aromatic rings. The highest BCUT2D eigenvalue weighted by atomic mass is 17.3. The minimum Gasteiger partial charge on any atom is -0.465 e. The van der Waals surface area contributed by atoms with Crippen LogP contribution in [0.4, 0.5) is 0 Å². The lowest BCUT2D eigenvalue weighted by molar-refractivity contribution is -0.541. The van der Waals surface area contributed by atoms with Gasteiger partial charge >= 0.3 is 0 Å². The van der Waals surface area contributed by atoms with E-state index < -0.39 is 23.3 Å². The second-order valence-corrected chi connectivity index (χ2v) is 7.69. The molecule has 5 rings (SSSR count). The normalized spacial score (nSPS) is 56.3. The van der Waals surface area contributed by atoms with Gasteiger partial charge in [0.15, 0.2) is 11.9 Å². The van der Waals surface area contributed by atoms with E-state index in [2.05, 4.69) is 6.92 Å². The number of rotatable bonds is 3. The summed E-state index contributed by atoms with van der Waals surface area (Å²) in [5, 5.41) is 0. The molecule has 7 atom stereocenters. The molecule has 0 radical (unpaired) electrons. The average molecular weight is 312 g/mol. The van der Waals surface area contributed by atoms with Gasteiger partial charge in [-0.3, -0.25) is 4.79 Å². The van der Waals surface area contributed by atoms with Gasteiger partial charge in [-0.15, -0.1) is 0 Å². The maximum Gasteiger partial charge on any atom is 0.293 e. The summed E-state index contributed by atoms with van der Waals surface area (Å²) >= 11 is 0. The van der Waals surface area contributed by atoms with Gasteiger partial charge in [0.1, 0.15) is 12.2 Å². The van der Waals surface area contributed by atoms with Crippen molar-refractivity contribution in [3.63, 3.8) is 0 Å². The highest BCUT2D eigenvalue weighted by molar-refractivity contribution is 5.37. The fourth-order valence-electron chi connectivity index (χ4n) is 5.14. The molecular weight excluding hydrogens is 288 g/mol. The molecule has 1 saturated carbocycles. The van der Waals surface area contributed by atoms with E-state index >= 15 is 0 Å². The first-order chi connectivity index (χ1) is 10.4. The first-order valence-corrected chi connectivity index (χ1v) is 8.21. The minimum atomic E-state index is -0.756. The molecule has 4 heterocycles. The van der Waals surface area contributed by atoms with E-state index in [1.54, 1.807) is 0 Å². The lowest BCUT2D eigenvalue weighted by atomic mass is 9.60. The molecule has 0 N–H and O–H groups in total. The molecule has 6 nitrogen and oxygen atoms in total. The van der Waals surface area contributed by atoms with Crippen LogP contribution in [-0.2, 0) is 28.8 Å². The molecule has 1 aliphatic carbocycles. The minimum absolute atomic E-state index is 0.0915. The predicted octanol–water partition coefficient (Wildman–Crippen LogP) is 2.16. The highest BCUT2D eigenvalue weighted by Gasteiger charge is 2.74. The maximum atomic E-state index is 10.6. The Balaban J connectivity index is 1.76. The van der Waals surface area contributed by atoms with E-state index in [1.807, 2.05) is 13.8 Å². The van der Waals surface area contributed by atoms with Crippen LogP contribution in [0.15, 0.2) is 0 Å². The van der Waals surface area contributed by atoms with Crippen LogP contribution in [0.3, 0.4) is 0 Å². The molecule has 4 aliphatic heterocycles. The second-order valence-electron chi connectivity index (χ2n) is 7.69. The predicted molar refractivity (Wildman–Crippen MR) is 74.3 cm³/mol. The standard InChI is InChI=1S/C16H24O6/c1-10-4-5-12-14(2,8-18-9-17)19-13-16(12)11(10)6-7-15(3,20-13)21-22-16/h9-13H,4-8H2,1-3H3/t10-,11+,12?,13-,14-,15-,16-/m1/s1. The third-order valence-corrected chi connectivity index (χ3v) is 6.27. The van der Waals surface area contributed by atoms with E-state index in [0.29, 0.717) is 18.3 Å². The molecule has 1 spiro atoms. The Hall–Kier alpha value is -0.690. The topological polar surface area (TPSA) is 63.2 Å². The van der Waals surface area contributed by atoms with Gasteiger partial charge in [0.05, 0.1) is 0 Å². The van der Waals surface area contributed by atoms with Gasteiger partial charge in [0, 0.05) is 12.3 Å². The highest BCUT2D eigenvalue weighted by Crippen LogP contribution is 2.63. The van der Waals surface area contributed by atoms with E-state index in [9.17, 15) is 4.79 Å². The molecule has 2 bridgehead atoms. The molecule has 22 heavy (non-hydrogen) atoms. The molecule has 0 amide bonds. The van der Waals surface area contributed by atoms with Crippen molar-refractivity contribution in [1.82, 2.24) is 0 Å². The van der Waals surface area contributed by atoms with Crippen molar-refractivity contribution >= 4 is 6.47 Å². The van der Waals surface area contributed by atoms with Crippen LogP contribution in [0, 0.1) is 17.8 Å². The van der Waals surface area contributed by atoms with Gasteiger partial charge < -0.3 is 14.2 Å². The molecule has 5 aliphatic rings. The first-order valence-electron chi connectivity index (χ1n) is 8.21. The number of carbonyl (C=O) groups excluding carboxylic acids is 1. The molecule has 0 aromatic heterocycles. The van der Waals surface area contributed by atoms with E-state index in [1.165, 1.54) is 0 Å². The van der Waals surface area contributed by atoms with Gasteiger partial charge in [0.2, 0.25) is 5.79 Å². The van der Waals surface area contributed by atoms with Crippen molar-refractivity contribution < 1.29 is 28.8 Å². The SMILES string of the molecule is C[C@@H]1CCC2[C@]34OO[C@](C)(CC[C@@H]13)O[C@H]4O[C@]2(C)COC=O. The zero-order valence-electron chi connectivity index (χ0n) is 13.4. The Morgan fingerprint density at radius 1 is 1.18 bits per heavy atom. The molecule has 124 valence electrons. The number of ether oxygens (including phenoxy) is 3. The molecule has 6 heteroatoms. The Bertz CT molecular complexity index is 483. The van der Waals surface area contributed by atoms with Gasteiger partial charge in [-0.25, -0.2) is 9.78 Å². The van der Waals surface area contributed by atoms with Crippen molar-refractivity contribution in [3.8, 4) is 0 Å². The second kappa shape index (κ2) is 4.66. The van der Waals surface area contributed by atoms with Crippen LogP contribution in [0.25, 0.3) is 0 Å². The van der Waals surface area contributed by atoms with Crippen molar-refractivity contribution in [2.24, 2.45) is 17.8 Å². The lowest BCUT2D eigenvalue weighted by Gasteiger charge is -2.50. The van der Waals surface area contributed by atoms with Crippen molar-refractivity contribution in [1.29, 1.82) is 0 Å². The summed E-state index contributed by atoms with van der Waals surface area (Å²) in [5.74, 6) is 0.200. The van der Waals surface area contributed by atoms with E-state index in [0.717, 1.165) is 25.7 Å². The number of carbonyl (C=O) groups is 1. The Labute approximate surface area is 130 Å². The number of fused-ring (bicyclic) bond motifs is 2. The average Bonchev–Trinajstić information content (AvgIpc) is 2.59. The Morgan fingerprint density at radius 3 is 2.77 bits per heavy atom. The molecular formula is C16H24O6. The van der Waals surface area contributed by atoms with Gasteiger partial charge in [0.25, 0.3) is 6.47 Å². The third kappa shape index (κ3) is 1.78. The summed E-state index contributed by atoms with van der Waals surface area (Å²) in [6, 6.07) is 0. The first kappa shape index (κ1) is 14.9. The van der Waals surface area contributed by atoms with Gasteiger partial charge in [-0.05, 0) is 44.9 Å². The lowest BCUT2D eigenvalue weighted by Crippen LogP contribution is -2.62. The molecule has 1 unspecified atom stereocenters. The van der Waals surface area contributed by atoms with E-state index in [-0.39, 0.29) is 12.5 Å². The van der Waals surface area contributed by atoms with Crippen LogP contribution in [-0.4, -0.2) is 36.4 Å². The van der Waals surface area contributed by atoms with E-state index in [4.69, 9.17) is 24.0 Å². The van der Waals surface area contributed by atoms with Crippen molar-refractivity contribution in [2.75, 3.05) is 6.61 Å². The van der Waals surface area contributed by atoms with Crippen LogP contribution in [0.2, 0.25) is 0 Å². The Morgan fingerprint density at radius 2 is 2.00 bits per heavy atom. The van der Waals surface area contributed by atoms with Crippen LogP contribution in [0.1, 0.15) is 46.5 Å². The maximum absolute atomic E-state index is 10.6. The van der Waals surface area contributed by atoms with Gasteiger partial charge in [-0.1, -0.05) is 6.92 Å². The third-order valence-electron chi connectivity index (χ3n) is 6.27. The van der Waals surface area contributed by atoms with Crippen molar-refractivity contribution in [2.45, 2.75) is 69.7 Å². The smallest absolute Gasteiger partial charge is 0.293 e. The summed E-state index contributed by atoms with van der Waals surface area (Å²) in [4.78, 5) is 22.3. The van der Waals surface area contributed by atoms with Crippen molar-refractivity contribution in [3.05, 3.63) is 0 Å². The largest absolute Gasteiger partial charge is 0.465 e. The zero-order chi connectivity index (χ0) is 15.6. The van der Waals surface area contributed by atoms with Gasteiger partial charge in [-0.2, -0.15) is 0 Å². The molecule has 5 fully saturated rings. The quantitative estimate of drug-likeness (QED) is 0.588. The fraction of sp³-hybridized carbons (Fsp3) is 0.938. The molecule has 0 aromatic carbocycles. The van der Waals surface area contributed by atoms with Crippen LogP contribution >= 0.6 is 0 Å². The summed E-state index contributed by atoms with van der Waals surface area (Å²) in [7, 11) is 0. The van der Waals surface area contributed by atoms with Crippen LogP contribution in [0.5, 0.6) is 0 Å². The zero-order valence-corrected chi connectivity index (χ0v) is 13.4. The summed E-state index contributed by atoms with van der Waals surface area (Å²) in [5.41, 5.74) is -1.19. The number of hydrogen-bond acceptors (Lipinski definition) is 6. The number of hydrogen-bond donors (Lipinski definition) is 0. The Kier molecular flexibility index (Phi) is 3.15.